The molecule has 2 rings (SSSR count). The highest BCUT2D eigenvalue weighted by Crippen LogP contribution is 2.12. The molecule has 0 spiro atoms. The summed E-state index contributed by atoms with van der Waals surface area (Å²) < 4.78 is 4.97. The first-order valence-electron chi connectivity index (χ1n) is 7.38. The van der Waals surface area contributed by atoms with Gasteiger partial charge in [-0.15, -0.1) is 0 Å². The van der Waals surface area contributed by atoms with E-state index in [1.165, 1.54) is 0 Å². The molecule has 7 nitrogen and oxygen atoms in total. The molecule has 0 atom stereocenters. The fraction of sp³-hybridized carbons (Fsp3) is 0.533. The van der Waals surface area contributed by atoms with Gasteiger partial charge >= 0.3 is 6.09 Å². The predicted molar refractivity (Wildman–Crippen MR) is 83.1 cm³/mol. The molecule has 0 radical (unpaired) electrons. The molecule has 1 aliphatic heterocycles. The molecule has 7 heteroatoms. The minimum absolute atomic E-state index is 0.104. The van der Waals surface area contributed by atoms with Crippen molar-refractivity contribution in [3.63, 3.8) is 0 Å². The average molecular weight is 306 g/mol. The van der Waals surface area contributed by atoms with Crippen molar-refractivity contribution in [3.8, 4) is 0 Å². The van der Waals surface area contributed by atoms with Crippen LogP contribution in [-0.4, -0.2) is 73.7 Å². The summed E-state index contributed by atoms with van der Waals surface area (Å²) >= 11 is 0. The zero-order chi connectivity index (χ0) is 16.1. The fourth-order valence-electron chi connectivity index (χ4n) is 2.26. The molecule has 0 bridgehead atoms. The summed E-state index contributed by atoms with van der Waals surface area (Å²) in [5.41, 5.74) is 0.427. The van der Waals surface area contributed by atoms with Crippen molar-refractivity contribution in [2.45, 2.75) is 6.92 Å². The predicted octanol–water partition coefficient (Wildman–Crippen LogP) is 1.06. The lowest BCUT2D eigenvalue weighted by molar-refractivity contribution is 0.0566. The zero-order valence-corrected chi connectivity index (χ0v) is 13.3. The van der Waals surface area contributed by atoms with Crippen LogP contribution >= 0.6 is 0 Å². The second-order valence-electron chi connectivity index (χ2n) is 5.25. The number of aromatic nitrogens is 1. The summed E-state index contributed by atoms with van der Waals surface area (Å²) in [5.74, 6) is 0.642. The van der Waals surface area contributed by atoms with E-state index in [-0.39, 0.29) is 12.0 Å². The summed E-state index contributed by atoms with van der Waals surface area (Å²) in [7, 11) is 3.77. The topological polar surface area (TPSA) is 66.0 Å². The van der Waals surface area contributed by atoms with Gasteiger partial charge < -0.3 is 19.4 Å². The molecular formula is C15H22N4O3. The van der Waals surface area contributed by atoms with E-state index < -0.39 is 0 Å². The van der Waals surface area contributed by atoms with Crippen LogP contribution in [0.1, 0.15) is 17.4 Å². The van der Waals surface area contributed by atoms with Crippen LogP contribution in [0.4, 0.5) is 10.6 Å². The Kier molecular flexibility index (Phi) is 5.19. The number of nitrogens with zero attached hydrogens (tertiary/aromatic N) is 4. The summed E-state index contributed by atoms with van der Waals surface area (Å²) in [5, 5.41) is 0. The van der Waals surface area contributed by atoms with Crippen LogP contribution < -0.4 is 4.90 Å². The number of carbonyl (C=O) groups excluding carboxylic acids is 2. The van der Waals surface area contributed by atoms with E-state index in [0.717, 1.165) is 5.82 Å². The van der Waals surface area contributed by atoms with Crippen LogP contribution in [0.25, 0.3) is 0 Å². The molecule has 22 heavy (non-hydrogen) atoms. The van der Waals surface area contributed by atoms with Gasteiger partial charge in [0.2, 0.25) is 0 Å². The minimum atomic E-state index is -0.317. The quantitative estimate of drug-likeness (QED) is 0.835. The number of hydrogen-bond donors (Lipinski definition) is 0. The Balaban J connectivity index is 1.98. The average Bonchev–Trinajstić information content (AvgIpc) is 2.54. The highest BCUT2D eigenvalue weighted by atomic mass is 16.6. The van der Waals surface area contributed by atoms with Crippen molar-refractivity contribution in [2.24, 2.45) is 0 Å². The number of carbonyl (C=O) groups is 2. The molecule has 2 amide bonds. The minimum Gasteiger partial charge on any atom is -0.450 e. The second kappa shape index (κ2) is 7.11. The van der Waals surface area contributed by atoms with Gasteiger partial charge in [-0.1, -0.05) is 6.07 Å². The van der Waals surface area contributed by atoms with Crippen LogP contribution in [0.5, 0.6) is 0 Å². The fourth-order valence-corrected chi connectivity index (χ4v) is 2.26. The largest absolute Gasteiger partial charge is 0.450 e. The third kappa shape index (κ3) is 3.66. The highest BCUT2D eigenvalue weighted by Gasteiger charge is 2.26. The Bertz CT molecular complexity index is 539. The lowest BCUT2D eigenvalue weighted by atomic mass is 10.2. The van der Waals surface area contributed by atoms with Gasteiger partial charge in [-0.05, 0) is 19.1 Å². The monoisotopic (exact) mass is 306 g/mol. The molecule has 1 aliphatic rings. The Morgan fingerprint density at radius 3 is 2.41 bits per heavy atom. The van der Waals surface area contributed by atoms with E-state index in [9.17, 15) is 9.59 Å². The molecule has 1 saturated heterocycles. The lowest BCUT2D eigenvalue weighted by Gasteiger charge is -2.33. The van der Waals surface area contributed by atoms with Gasteiger partial charge in [-0.3, -0.25) is 4.79 Å². The van der Waals surface area contributed by atoms with Crippen molar-refractivity contribution in [1.82, 2.24) is 14.8 Å². The Morgan fingerprint density at radius 1 is 1.18 bits per heavy atom. The summed E-state index contributed by atoms with van der Waals surface area (Å²) in [6, 6.07) is 5.40. The third-order valence-corrected chi connectivity index (χ3v) is 3.50. The normalized spacial score (nSPS) is 14.7. The molecule has 120 valence electrons. The van der Waals surface area contributed by atoms with Crippen molar-refractivity contribution in [1.29, 1.82) is 0 Å². The summed E-state index contributed by atoms with van der Waals surface area (Å²) in [4.78, 5) is 33.7. The molecule has 0 aliphatic carbocycles. The van der Waals surface area contributed by atoms with Crippen molar-refractivity contribution >= 4 is 17.8 Å². The van der Waals surface area contributed by atoms with Gasteiger partial charge in [-0.2, -0.15) is 0 Å². The first-order chi connectivity index (χ1) is 10.5. The van der Waals surface area contributed by atoms with Gasteiger partial charge in [0.25, 0.3) is 5.91 Å². The van der Waals surface area contributed by atoms with Crippen LogP contribution in [0, 0.1) is 0 Å². The number of piperazine rings is 1. The smallest absolute Gasteiger partial charge is 0.409 e. The maximum Gasteiger partial charge on any atom is 0.409 e. The summed E-state index contributed by atoms with van der Waals surface area (Å²) in [6.07, 6.45) is -0.317. The highest BCUT2D eigenvalue weighted by molar-refractivity contribution is 5.92. The molecule has 1 aromatic rings. The second-order valence-corrected chi connectivity index (χ2v) is 5.25. The van der Waals surface area contributed by atoms with Crippen molar-refractivity contribution in [2.75, 3.05) is 51.8 Å². The van der Waals surface area contributed by atoms with Crippen LogP contribution in [0.3, 0.4) is 0 Å². The Labute approximate surface area is 130 Å². The van der Waals surface area contributed by atoms with Crippen molar-refractivity contribution < 1.29 is 14.3 Å². The van der Waals surface area contributed by atoms with Gasteiger partial charge in [-0.25, -0.2) is 9.78 Å². The number of rotatable bonds is 3. The first-order valence-corrected chi connectivity index (χ1v) is 7.38. The molecule has 0 saturated carbocycles. The molecular weight excluding hydrogens is 284 g/mol. The standard InChI is InChI=1S/C15H22N4O3/c1-4-22-15(21)19-10-8-18(9-11-19)14(20)12-6-5-7-13(16-12)17(2)3/h5-7H,4,8-11H2,1-3H3. The van der Waals surface area contributed by atoms with Gasteiger partial charge in [0, 0.05) is 40.3 Å². The first kappa shape index (κ1) is 16.1. The van der Waals surface area contributed by atoms with E-state index in [1.807, 2.05) is 31.1 Å². The number of hydrogen-bond acceptors (Lipinski definition) is 5. The van der Waals surface area contributed by atoms with Crippen molar-refractivity contribution in [3.05, 3.63) is 23.9 Å². The molecule has 0 N–H and O–H groups in total. The maximum absolute atomic E-state index is 12.5. The molecule has 0 unspecified atom stereocenters. The Hall–Kier alpha value is -2.31. The van der Waals surface area contributed by atoms with E-state index in [2.05, 4.69) is 4.98 Å². The summed E-state index contributed by atoms with van der Waals surface area (Å²) in [6.45, 7) is 4.09. The van der Waals surface area contributed by atoms with Crippen LogP contribution in [0.2, 0.25) is 0 Å². The zero-order valence-electron chi connectivity index (χ0n) is 13.3. The van der Waals surface area contributed by atoms with E-state index in [4.69, 9.17) is 4.74 Å². The third-order valence-electron chi connectivity index (χ3n) is 3.50. The number of pyridine rings is 1. The number of anilines is 1. The number of amides is 2. The van der Waals surface area contributed by atoms with E-state index in [0.29, 0.717) is 38.5 Å². The molecule has 2 heterocycles. The SMILES string of the molecule is CCOC(=O)N1CCN(C(=O)c2cccc(N(C)C)n2)CC1. The lowest BCUT2D eigenvalue weighted by Crippen LogP contribution is -2.50. The van der Waals surface area contributed by atoms with Gasteiger partial charge in [0.1, 0.15) is 11.5 Å². The number of ether oxygens (including phenoxy) is 1. The Morgan fingerprint density at radius 2 is 1.82 bits per heavy atom. The van der Waals surface area contributed by atoms with Gasteiger partial charge in [0.15, 0.2) is 0 Å². The van der Waals surface area contributed by atoms with E-state index >= 15 is 0 Å². The van der Waals surface area contributed by atoms with Crippen LogP contribution in [0.15, 0.2) is 18.2 Å². The van der Waals surface area contributed by atoms with Gasteiger partial charge in [0.05, 0.1) is 6.61 Å². The van der Waals surface area contributed by atoms with E-state index in [1.54, 1.807) is 22.8 Å². The molecule has 1 aromatic heterocycles. The maximum atomic E-state index is 12.5. The molecule has 0 aromatic carbocycles. The van der Waals surface area contributed by atoms with Crippen LogP contribution in [-0.2, 0) is 4.74 Å². The molecule has 1 fully saturated rings.